The topological polar surface area (TPSA) is 133 Å². The minimum atomic E-state index is -4.41. The third-order valence-electron chi connectivity index (χ3n) is 4.54. The monoisotopic (exact) mass is 488 g/mol. The van der Waals surface area contributed by atoms with Crippen molar-refractivity contribution in [1.29, 1.82) is 0 Å². The van der Waals surface area contributed by atoms with Crippen LogP contribution in [0.4, 0.5) is 11.4 Å². The van der Waals surface area contributed by atoms with Crippen LogP contribution in [-0.4, -0.2) is 85.1 Å². The number of azo groups is 1. The first-order chi connectivity index (χ1) is 14.2. The molecule has 8 nitrogen and oxygen atoms in total. The molecule has 0 saturated heterocycles. The summed E-state index contributed by atoms with van der Waals surface area (Å²) in [5.74, 6) is 0. The van der Waals surface area contributed by atoms with Gasteiger partial charge in [-0.25, -0.2) is 0 Å². The predicted molar refractivity (Wildman–Crippen MR) is 123 cm³/mol. The Bertz CT molecular complexity index is 1440. The minimum Gasteiger partial charge on any atom is -0.282 e. The van der Waals surface area contributed by atoms with Crippen LogP contribution in [0.1, 0.15) is 0 Å². The second-order valence-electron chi connectivity index (χ2n) is 6.41. The minimum absolute atomic E-state index is 0. The van der Waals surface area contributed by atoms with Crippen molar-refractivity contribution < 1.29 is 25.9 Å². The van der Waals surface area contributed by atoms with Crippen molar-refractivity contribution in [1.82, 2.24) is 0 Å². The van der Waals surface area contributed by atoms with E-state index in [-0.39, 0.29) is 68.9 Å². The molecule has 32 heavy (non-hydrogen) atoms. The van der Waals surface area contributed by atoms with E-state index in [1.54, 1.807) is 48.5 Å². The van der Waals surface area contributed by atoms with Gasteiger partial charge in [-0.15, -0.1) is 10.2 Å². The fourth-order valence-electron chi connectivity index (χ4n) is 3.24. The van der Waals surface area contributed by atoms with Gasteiger partial charge in [0.1, 0.15) is 9.79 Å². The summed E-state index contributed by atoms with van der Waals surface area (Å²) < 4.78 is 65.4. The van der Waals surface area contributed by atoms with E-state index in [0.29, 0.717) is 32.9 Å². The van der Waals surface area contributed by atoms with E-state index in [9.17, 15) is 25.9 Å². The molecule has 0 bridgehead atoms. The molecule has 2 radical (unpaired) electrons. The normalized spacial score (nSPS) is 11.9. The molecular weight excluding hydrogens is 474 g/mol. The first-order valence-electron chi connectivity index (χ1n) is 8.56. The first kappa shape index (κ1) is 27.1. The Morgan fingerprint density at radius 2 is 0.812 bits per heavy atom. The van der Waals surface area contributed by atoms with Crippen molar-refractivity contribution in [3.05, 3.63) is 72.8 Å². The summed E-state index contributed by atoms with van der Waals surface area (Å²) in [6, 6.07) is 18.4. The summed E-state index contributed by atoms with van der Waals surface area (Å²) in [5, 5.41) is 9.94. The van der Waals surface area contributed by atoms with Gasteiger partial charge >= 0.3 is 0 Å². The second-order valence-corrected chi connectivity index (χ2v) is 9.19. The molecule has 4 rings (SSSR count). The van der Waals surface area contributed by atoms with E-state index in [4.69, 9.17) is 0 Å². The molecule has 154 valence electrons. The Hall–Kier alpha value is -1.18. The van der Waals surface area contributed by atoms with Crippen molar-refractivity contribution in [3.63, 3.8) is 0 Å². The first-order valence-corrected chi connectivity index (χ1v) is 11.4. The molecule has 4 aromatic rings. The van der Waals surface area contributed by atoms with Crippen molar-refractivity contribution in [2.75, 3.05) is 0 Å². The van der Waals surface area contributed by atoms with Crippen LogP contribution in [0.3, 0.4) is 0 Å². The molecule has 0 atom stereocenters. The summed E-state index contributed by atoms with van der Waals surface area (Å²) in [6.07, 6.45) is 0. The second kappa shape index (κ2) is 10.4. The maximum atomic E-state index is 11.6. The van der Waals surface area contributed by atoms with Gasteiger partial charge in [-0.3, -0.25) is 9.11 Å². The Labute approximate surface area is 228 Å². The molecule has 12 heteroatoms. The number of rotatable bonds is 4. The molecule has 0 unspecified atom stereocenters. The molecular formula is C20H14N2Na2O6S2. The van der Waals surface area contributed by atoms with E-state index in [1.807, 2.05) is 0 Å². The van der Waals surface area contributed by atoms with Gasteiger partial charge in [-0.05, 0) is 24.3 Å². The van der Waals surface area contributed by atoms with Gasteiger partial charge < -0.3 is 0 Å². The summed E-state index contributed by atoms with van der Waals surface area (Å²) >= 11 is 0. The van der Waals surface area contributed by atoms with Crippen LogP contribution in [0.2, 0.25) is 0 Å². The average molecular weight is 488 g/mol. The van der Waals surface area contributed by atoms with Crippen LogP contribution in [0.25, 0.3) is 21.5 Å². The Morgan fingerprint density at radius 3 is 1.12 bits per heavy atom. The zero-order valence-corrected chi connectivity index (χ0v) is 22.8. The quantitative estimate of drug-likeness (QED) is 0.252. The third kappa shape index (κ3) is 5.48. The molecule has 0 aliphatic carbocycles. The standard InChI is InChI=1S/C20H14N2O6S2.2Na/c23-29(24,25)19-11-9-17(13-5-1-3-7-15(13)19)21-22-18-10-12-20(30(26,27)28)16-8-4-2-6-14(16)18;;/h1-12H,(H,23,24,25)(H,26,27,28);;. The maximum Gasteiger partial charge on any atom is 0.295 e. The number of hydrogen-bond donors (Lipinski definition) is 2. The molecule has 0 fully saturated rings. The molecule has 0 heterocycles. The van der Waals surface area contributed by atoms with E-state index >= 15 is 0 Å². The van der Waals surface area contributed by atoms with Crippen molar-refractivity contribution in [2.24, 2.45) is 10.2 Å². The Balaban J connectivity index is 0.00000181. The molecule has 0 aliphatic rings. The van der Waals surface area contributed by atoms with Crippen LogP contribution < -0.4 is 0 Å². The zero-order chi connectivity index (χ0) is 21.5. The van der Waals surface area contributed by atoms with Gasteiger partial charge in [0.05, 0.1) is 11.4 Å². The smallest absolute Gasteiger partial charge is 0.282 e. The molecule has 0 aromatic heterocycles. The number of hydrogen-bond acceptors (Lipinski definition) is 6. The van der Waals surface area contributed by atoms with Crippen LogP contribution in [0.15, 0.2) is 92.8 Å². The van der Waals surface area contributed by atoms with Crippen LogP contribution >= 0.6 is 0 Å². The molecule has 0 amide bonds. The summed E-state index contributed by atoms with van der Waals surface area (Å²) in [7, 11) is -8.83. The Morgan fingerprint density at radius 1 is 0.500 bits per heavy atom. The average Bonchev–Trinajstić information content (AvgIpc) is 2.70. The van der Waals surface area contributed by atoms with E-state index in [0.717, 1.165) is 0 Å². The van der Waals surface area contributed by atoms with Crippen LogP contribution in [0, 0.1) is 0 Å². The fraction of sp³-hybridized carbons (Fsp3) is 0. The van der Waals surface area contributed by atoms with E-state index in [2.05, 4.69) is 10.2 Å². The van der Waals surface area contributed by atoms with Gasteiger partial charge in [0.2, 0.25) is 0 Å². The maximum absolute atomic E-state index is 11.6. The predicted octanol–water partition coefficient (Wildman–Crippen LogP) is 4.14. The molecule has 4 aromatic carbocycles. The molecule has 0 saturated carbocycles. The third-order valence-corrected chi connectivity index (χ3v) is 6.37. The van der Waals surface area contributed by atoms with Gasteiger partial charge in [-0.1, -0.05) is 48.5 Å². The van der Waals surface area contributed by atoms with Crippen LogP contribution in [0.5, 0.6) is 0 Å². The zero-order valence-electron chi connectivity index (χ0n) is 17.2. The van der Waals surface area contributed by atoms with E-state index in [1.165, 1.54) is 24.3 Å². The summed E-state index contributed by atoms with van der Waals surface area (Å²) in [4.78, 5) is -0.472. The van der Waals surface area contributed by atoms with Crippen molar-refractivity contribution in [3.8, 4) is 0 Å². The van der Waals surface area contributed by atoms with Crippen LogP contribution in [-0.2, 0) is 20.2 Å². The number of benzene rings is 4. The molecule has 2 N–H and O–H groups in total. The largest absolute Gasteiger partial charge is 0.295 e. The van der Waals surface area contributed by atoms with Gasteiger partial charge in [0.15, 0.2) is 0 Å². The Kier molecular flexibility index (Phi) is 8.79. The van der Waals surface area contributed by atoms with Gasteiger partial charge in [0.25, 0.3) is 20.2 Å². The number of nitrogens with zero attached hydrogens (tertiary/aromatic N) is 2. The van der Waals surface area contributed by atoms with Crippen molar-refractivity contribution >= 4 is 112 Å². The fourth-order valence-corrected chi connectivity index (χ4v) is 4.63. The molecule has 0 spiro atoms. The van der Waals surface area contributed by atoms with E-state index < -0.39 is 20.2 Å². The SMILES string of the molecule is O=S(=O)(O)c1ccc(N=Nc2ccc(S(=O)(=O)O)c3ccccc23)c2ccccc12.[Na].[Na]. The summed E-state index contributed by atoms with van der Waals surface area (Å²) in [6.45, 7) is 0. The van der Waals surface area contributed by atoms with Crippen molar-refractivity contribution in [2.45, 2.75) is 9.79 Å². The van der Waals surface area contributed by atoms with Gasteiger partial charge in [-0.2, -0.15) is 16.8 Å². The van der Waals surface area contributed by atoms with Gasteiger partial charge in [0, 0.05) is 80.7 Å². The summed E-state index contributed by atoms with van der Waals surface area (Å²) in [5.41, 5.74) is 0.724. The number of fused-ring (bicyclic) bond motifs is 2. The molecule has 0 aliphatic heterocycles.